The van der Waals surface area contributed by atoms with Gasteiger partial charge in [-0.3, -0.25) is 5.10 Å². The lowest BCUT2D eigenvalue weighted by atomic mass is 10.1. The van der Waals surface area contributed by atoms with Gasteiger partial charge in [0.05, 0.1) is 11.4 Å². The SMILES string of the molecule is Cc1c(-c2ccccc2)n[nH]c1/C=C/c1ccccc1. The third-order valence-electron chi connectivity index (χ3n) is 3.34. The van der Waals surface area contributed by atoms with Crippen LogP contribution in [0.1, 0.15) is 16.8 Å². The van der Waals surface area contributed by atoms with Crippen molar-refractivity contribution in [3.05, 3.63) is 77.5 Å². The Kier molecular flexibility index (Phi) is 3.46. The number of aromatic nitrogens is 2. The summed E-state index contributed by atoms with van der Waals surface area (Å²) in [7, 11) is 0. The summed E-state index contributed by atoms with van der Waals surface area (Å²) in [6.07, 6.45) is 4.17. The van der Waals surface area contributed by atoms with E-state index in [1.54, 1.807) is 0 Å². The summed E-state index contributed by atoms with van der Waals surface area (Å²) < 4.78 is 0. The summed E-state index contributed by atoms with van der Waals surface area (Å²) in [4.78, 5) is 0. The first-order valence-electron chi connectivity index (χ1n) is 6.68. The van der Waals surface area contributed by atoms with Crippen molar-refractivity contribution in [2.24, 2.45) is 0 Å². The molecular weight excluding hydrogens is 244 g/mol. The van der Waals surface area contributed by atoms with Gasteiger partial charge in [0.1, 0.15) is 0 Å². The quantitative estimate of drug-likeness (QED) is 0.735. The monoisotopic (exact) mass is 260 g/mol. The van der Waals surface area contributed by atoms with Crippen molar-refractivity contribution in [3.63, 3.8) is 0 Å². The molecule has 2 heteroatoms. The molecule has 3 aromatic rings. The number of aromatic amines is 1. The van der Waals surface area contributed by atoms with Crippen molar-refractivity contribution < 1.29 is 0 Å². The minimum absolute atomic E-state index is 1.01. The molecule has 0 aliphatic rings. The molecule has 0 atom stereocenters. The normalized spacial score (nSPS) is 11.1. The average Bonchev–Trinajstić information content (AvgIpc) is 2.88. The Morgan fingerprint density at radius 3 is 2.20 bits per heavy atom. The maximum Gasteiger partial charge on any atom is 0.0956 e. The molecular formula is C18H16N2. The van der Waals surface area contributed by atoms with Crippen molar-refractivity contribution in [2.45, 2.75) is 6.92 Å². The minimum atomic E-state index is 1.01. The number of hydrogen-bond donors (Lipinski definition) is 1. The molecule has 98 valence electrons. The third kappa shape index (κ3) is 2.54. The van der Waals surface area contributed by atoms with E-state index in [-0.39, 0.29) is 0 Å². The van der Waals surface area contributed by atoms with Gasteiger partial charge in [0.15, 0.2) is 0 Å². The summed E-state index contributed by atoms with van der Waals surface area (Å²) >= 11 is 0. The van der Waals surface area contributed by atoms with Crippen LogP contribution in [-0.2, 0) is 0 Å². The van der Waals surface area contributed by atoms with Crippen LogP contribution in [0, 0.1) is 6.92 Å². The Hall–Kier alpha value is -2.61. The van der Waals surface area contributed by atoms with Crippen LogP contribution in [0.15, 0.2) is 60.7 Å². The number of rotatable bonds is 3. The smallest absolute Gasteiger partial charge is 0.0956 e. The fourth-order valence-electron chi connectivity index (χ4n) is 2.19. The highest BCUT2D eigenvalue weighted by molar-refractivity contribution is 5.74. The van der Waals surface area contributed by atoms with Gasteiger partial charge < -0.3 is 0 Å². The van der Waals surface area contributed by atoms with Gasteiger partial charge in [-0.05, 0) is 18.6 Å². The van der Waals surface area contributed by atoms with Gasteiger partial charge in [-0.2, -0.15) is 5.10 Å². The summed E-state index contributed by atoms with van der Waals surface area (Å²) in [5.74, 6) is 0. The lowest BCUT2D eigenvalue weighted by molar-refractivity contribution is 1.08. The third-order valence-corrected chi connectivity index (χ3v) is 3.34. The lowest BCUT2D eigenvalue weighted by Gasteiger charge is -1.97. The predicted molar refractivity (Wildman–Crippen MR) is 84.1 cm³/mol. The minimum Gasteiger partial charge on any atom is -0.278 e. The van der Waals surface area contributed by atoms with Crippen molar-refractivity contribution in [3.8, 4) is 11.3 Å². The summed E-state index contributed by atoms with van der Waals surface area (Å²) in [5.41, 5.74) is 5.55. The van der Waals surface area contributed by atoms with Crippen molar-refractivity contribution in [2.75, 3.05) is 0 Å². The van der Waals surface area contributed by atoms with Gasteiger partial charge in [-0.1, -0.05) is 66.7 Å². The van der Waals surface area contributed by atoms with E-state index in [1.165, 1.54) is 11.1 Å². The van der Waals surface area contributed by atoms with Gasteiger partial charge in [-0.15, -0.1) is 0 Å². The predicted octanol–water partition coefficient (Wildman–Crippen LogP) is 4.56. The van der Waals surface area contributed by atoms with E-state index in [0.717, 1.165) is 17.0 Å². The Morgan fingerprint density at radius 1 is 0.850 bits per heavy atom. The molecule has 2 aromatic carbocycles. The van der Waals surface area contributed by atoms with Crippen LogP contribution in [0.5, 0.6) is 0 Å². The van der Waals surface area contributed by atoms with E-state index in [0.29, 0.717) is 0 Å². The van der Waals surface area contributed by atoms with Crippen LogP contribution in [0.2, 0.25) is 0 Å². The fourth-order valence-corrected chi connectivity index (χ4v) is 2.19. The highest BCUT2D eigenvalue weighted by atomic mass is 15.1. The second-order valence-corrected chi connectivity index (χ2v) is 4.72. The highest BCUT2D eigenvalue weighted by Gasteiger charge is 2.08. The Morgan fingerprint density at radius 2 is 1.50 bits per heavy atom. The zero-order valence-electron chi connectivity index (χ0n) is 11.4. The molecule has 1 N–H and O–H groups in total. The molecule has 0 unspecified atom stereocenters. The number of benzene rings is 2. The Labute approximate surface area is 118 Å². The molecule has 3 rings (SSSR count). The van der Waals surface area contributed by atoms with Gasteiger partial charge >= 0.3 is 0 Å². The van der Waals surface area contributed by atoms with E-state index in [1.807, 2.05) is 36.4 Å². The van der Waals surface area contributed by atoms with E-state index >= 15 is 0 Å². The fraction of sp³-hybridized carbons (Fsp3) is 0.0556. The first-order valence-corrected chi connectivity index (χ1v) is 6.68. The van der Waals surface area contributed by atoms with Gasteiger partial charge in [0, 0.05) is 11.1 Å². The molecule has 0 fully saturated rings. The van der Waals surface area contributed by atoms with Crippen LogP contribution in [0.3, 0.4) is 0 Å². The zero-order chi connectivity index (χ0) is 13.8. The summed E-state index contributed by atoms with van der Waals surface area (Å²) in [6, 6.07) is 20.5. The first-order chi connectivity index (χ1) is 9.84. The molecule has 0 aliphatic heterocycles. The lowest BCUT2D eigenvalue weighted by Crippen LogP contribution is -1.80. The molecule has 0 spiro atoms. The standard InChI is InChI=1S/C18H16N2/c1-14-17(13-12-15-8-4-2-5-9-15)19-20-18(14)16-10-6-3-7-11-16/h2-13H,1H3,(H,19,20)/b13-12+. The van der Waals surface area contributed by atoms with Crippen LogP contribution >= 0.6 is 0 Å². The van der Waals surface area contributed by atoms with E-state index in [9.17, 15) is 0 Å². The zero-order valence-corrected chi connectivity index (χ0v) is 11.4. The highest BCUT2D eigenvalue weighted by Crippen LogP contribution is 2.23. The number of H-pyrrole nitrogens is 1. The van der Waals surface area contributed by atoms with Crippen LogP contribution in [0.25, 0.3) is 23.4 Å². The molecule has 0 amide bonds. The molecule has 20 heavy (non-hydrogen) atoms. The first kappa shape index (κ1) is 12.4. The van der Waals surface area contributed by atoms with Crippen molar-refractivity contribution >= 4 is 12.2 Å². The van der Waals surface area contributed by atoms with E-state index in [2.05, 4.69) is 53.5 Å². The molecule has 1 heterocycles. The van der Waals surface area contributed by atoms with Crippen molar-refractivity contribution in [1.29, 1.82) is 0 Å². The second kappa shape index (κ2) is 5.57. The average molecular weight is 260 g/mol. The molecule has 1 aromatic heterocycles. The molecule has 0 aliphatic carbocycles. The summed E-state index contributed by atoms with van der Waals surface area (Å²) in [6.45, 7) is 2.09. The van der Waals surface area contributed by atoms with Crippen molar-refractivity contribution in [1.82, 2.24) is 10.2 Å². The summed E-state index contributed by atoms with van der Waals surface area (Å²) in [5, 5.41) is 7.53. The molecule has 2 nitrogen and oxygen atoms in total. The topological polar surface area (TPSA) is 28.7 Å². The maximum absolute atomic E-state index is 4.42. The molecule has 0 bridgehead atoms. The van der Waals surface area contributed by atoms with E-state index < -0.39 is 0 Å². The van der Waals surface area contributed by atoms with Crippen LogP contribution in [-0.4, -0.2) is 10.2 Å². The maximum atomic E-state index is 4.42. The van der Waals surface area contributed by atoms with Crippen LogP contribution < -0.4 is 0 Å². The molecule has 0 saturated carbocycles. The van der Waals surface area contributed by atoms with Gasteiger partial charge in [0.25, 0.3) is 0 Å². The largest absolute Gasteiger partial charge is 0.278 e. The number of nitrogens with zero attached hydrogens (tertiary/aromatic N) is 1. The van der Waals surface area contributed by atoms with E-state index in [4.69, 9.17) is 0 Å². The molecule has 0 saturated heterocycles. The molecule has 0 radical (unpaired) electrons. The Balaban J connectivity index is 1.90. The second-order valence-electron chi connectivity index (χ2n) is 4.72. The Bertz CT molecular complexity index is 710. The van der Waals surface area contributed by atoms with Gasteiger partial charge in [0.2, 0.25) is 0 Å². The number of hydrogen-bond acceptors (Lipinski definition) is 1. The number of nitrogens with one attached hydrogen (secondary N) is 1. The van der Waals surface area contributed by atoms with Gasteiger partial charge in [-0.25, -0.2) is 0 Å². The van der Waals surface area contributed by atoms with Crippen LogP contribution in [0.4, 0.5) is 0 Å².